The summed E-state index contributed by atoms with van der Waals surface area (Å²) >= 11 is 3.83. The molecule has 0 spiro atoms. The molecule has 36 heavy (non-hydrogen) atoms. The molecule has 0 fully saturated rings. The third-order valence-corrected chi connectivity index (χ3v) is 7.47. The number of halogens is 1. The molecule has 1 N–H and O–H groups in total. The Labute approximate surface area is 218 Å². The van der Waals surface area contributed by atoms with Gasteiger partial charge in [-0.25, -0.2) is 14.4 Å². The highest BCUT2D eigenvalue weighted by atomic mass is 32.2. The Morgan fingerprint density at radius 3 is 2.64 bits per heavy atom. The lowest BCUT2D eigenvalue weighted by atomic mass is 10.2. The standard InChI is InChI=1S/C23H21FN6O3S3/c1-3-33-19(31)10-15-12-34-22(26-15)28-21(32)20-17(35-16-6-4-14(11-24)5-7-16)8-9-18(27-20)36-23-29-25-13-30(23)2/h4-9,12-13H,3,10-11H2,1-2H3,(H,26,28,32). The summed E-state index contributed by atoms with van der Waals surface area (Å²) in [6.45, 7) is 1.48. The summed E-state index contributed by atoms with van der Waals surface area (Å²) in [5.74, 6) is -0.830. The largest absolute Gasteiger partial charge is 0.466 e. The number of alkyl halides is 1. The predicted octanol–water partition coefficient (Wildman–Crippen LogP) is 4.80. The van der Waals surface area contributed by atoms with E-state index >= 15 is 0 Å². The molecule has 0 bridgehead atoms. The monoisotopic (exact) mass is 544 g/mol. The summed E-state index contributed by atoms with van der Waals surface area (Å²) < 4.78 is 19.6. The fourth-order valence-corrected chi connectivity index (χ4v) is 5.27. The number of nitrogens with one attached hydrogen (secondary N) is 1. The summed E-state index contributed by atoms with van der Waals surface area (Å²) in [7, 11) is 1.82. The fraction of sp³-hybridized carbons (Fsp3) is 0.217. The summed E-state index contributed by atoms with van der Waals surface area (Å²) in [6, 6.07) is 10.6. The number of aryl methyl sites for hydroxylation is 1. The van der Waals surface area contributed by atoms with Crippen molar-refractivity contribution >= 4 is 51.9 Å². The fourth-order valence-electron chi connectivity index (χ4n) is 2.92. The minimum absolute atomic E-state index is 0.0261. The Hall–Kier alpha value is -3.29. The van der Waals surface area contributed by atoms with Crippen molar-refractivity contribution in [1.82, 2.24) is 24.7 Å². The molecule has 0 aliphatic rings. The SMILES string of the molecule is CCOC(=O)Cc1csc(NC(=O)c2nc(Sc3nncn3C)ccc2Sc2ccc(CF)cc2)n1. The van der Waals surface area contributed by atoms with E-state index in [2.05, 4.69) is 25.5 Å². The molecular weight excluding hydrogens is 523 g/mol. The van der Waals surface area contributed by atoms with E-state index < -0.39 is 12.6 Å². The van der Waals surface area contributed by atoms with E-state index in [-0.39, 0.29) is 24.7 Å². The lowest BCUT2D eigenvalue weighted by Crippen LogP contribution is -2.15. The molecule has 3 aromatic heterocycles. The molecule has 0 saturated carbocycles. The average Bonchev–Trinajstić information content (AvgIpc) is 3.48. The molecule has 9 nitrogen and oxygen atoms in total. The first kappa shape index (κ1) is 25.8. The number of amides is 1. The molecule has 3 heterocycles. The molecule has 0 radical (unpaired) electrons. The number of ether oxygens (including phenoxy) is 1. The zero-order valence-electron chi connectivity index (χ0n) is 19.3. The number of hydrogen-bond acceptors (Lipinski definition) is 10. The molecule has 4 rings (SSSR count). The van der Waals surface area contributed by atoms with Gasteiger partial charge >= 0.3 is 5.97 Å². The number of esters is 1. The third kappa shape index (κ3) is 6.68. The number of carbonyl (C=O) groups is 2. The van der Waals surface area contributed by atoms with Gasteiger partial charge < -0.3 is 9.30 Å². The van der Waals surface area contributed by atoms with Crippen LogP contribution in [0.2, 0.25) is 0 Å². The molecule has 0 atom stereocenters. The first-order valence-corrected chi connectivity index (χ1v) is 13.2. The van der Waals surface area contributed by atoms with Crippen molar-refractivity contribution in [3.05, 3.63) is 65.1 Å². The highest BCUT2D eigenvalue weighted by Gasteiger charge is 2.19. The van der Waals surface area contributed by atoms with E-state index in [1.54, 1.807) is 53.5 Å². The number of carbonyl (C=O) groups excluding carboxylic acids is 2. The van der Waals surface area contributed by atoms with E-state index in [1.807, 2.05) is 13.1 Å². The summed E-state index contributed by atoms with van der Waals surface area (Å²) in [5.41, 5.74) is 1.29. The van der Waals surface area contributed by atoms with Crippen LogP contribution in [0.5, 0.6) is 0 Å². The quantitative estimate of drug-likeness (QED) is 0.281. The van der Waals surface area contributed by atoms with Gasteiger partial charge in [-0.3, -0.25) is 14.9 Å². The Morgan fingerprint density at radius 2 is 1.94 bits per heavy atom. The number of anilines is 1. The molecular formula is C23H21FN6O3S3. The number of thiazole rings is 1. The van der Waals surface area contributed by atoms with Crippen molar-refractivity contribution in [2.45, 2.75) is 40.0 Å². The molecule has 0 unspecified atom stereocenters. The van der Waals surface area contributed by atoms with E-state index in [0.29, 0.717) is 31.5 Å². The second kappa shape index (κ2) is 12.1. The number of rotatable bonds is 10. The predicted molar refractivity (Wildman–Crippen MR) is 135 cm³/mol. The number of hydrogen-bond donors (Lipinski definition) is 1. The molecule has 1 amide bonds. The molecule has 0 aliphatic heterocycles. The number of benzene rings is 1. The molecule has 0 saturated heterocycles. The maximum absolute atomic E-state index is 13.3. The van der Waals surface area contributed by atoms with Gasteiger partial charge in [0, 0.05) is 22.2 Å². The topological polar surface area (TPSA) is 112 Å². The Bertz CT molecular complexity index is 1360. The van der Waals surface area contributed by atoms with Gasteiger partial charge in [-0.15, -0.1) is 21.5 Å². The van der Waals surface area contributed by atoms with Crippen LogP contribution in [0, 0.1) is 0 Å². The highest BCUT2D eigenvalue weighted by Crippen LogP contribution is 2.33. The van der Waals surface area contributed by atoms with Crippen LogP contribution in [0.15, 0.2) is 68.1 Å². The van der Waals surface area contributed by atoms with Crippen molar-refractivity contribution in [1.29, 1.82) is 0 Å². The lowest BCUT2D eigenvalue weighted by Gasteiger charge is -2.10. The van der Waals surface area contributed by atoms with Gasteiger partial charge in [-0.2, -0.15) is 0 Å². The zero-order valence-corrected chi connectivity index (χ0v) is 21.8. The van der Waals surface area contributed by atoms with E-state index in [4.69, 9.17) is 4.74 Å². The maximum atomic E-state index is 13.3. The molecule has 4 aromatic rings. The average molecular weight is 545 g/mol. The first-order chi connectivity index (χ1) is 17.4. The van der Waals surface area contributed by atoms with Gasteiger partial charge in [0.2, 0.25) is 0 Å². The van der Waals surface area contributed by atoms with Gasteiger partial charge in [0.25, 0.3) is 5.91 Å². The molecule has 13 heteroatoms. The van der Waals surface area contributed by atoms with Gasteiger partial charge in [0.15, 0.2) is 10.3 Å². The number of nitrogens with zero attached hydrogens (tertiary/aromatic N) is 5. The normalized spacial score (nSPS) is 10.9. The van der Waals surface area contributed by atoms with Crippen molar-refractivity contribution in [2.24, 2.45) is 7.05 Å². The Morgan fingerprint density at radius 1 is 1.14 bits per heavy atom. The number of pyridine rings is 1. The van der Waals surface area contributed by atoms with Crippen LogP contribution in [0.1, 0.15) is 28.7 Å². The van der Waals surface area contributed by atoms with Crippen LogP contribution in [0.3, 0.4) is 0 Å². The van der Waals surface area contributed by atoms with Gasteiger partial charge in [0.05, 0.1) is 18.7 Å². The Balaban J connectivity index is 1.58. The van der Waals surface area contributed by atoms with Crippen LogP contribution < -0.4 is 5.32 Å². The molecule has 186 valence electrons. The van der Waals surface area contributed by atoms with Gasteiger partial charge in [-0.1, -0.05) is 23.9 Å². The zero-order chi connectivity index (χ0) is 25.5. The minimum Gasteiger partial charge on any atom is -0.466 e. The number of aromatic nitrogens is 5. The van der Waals surface area contributed by atoms with Crippen LogP contribution in [0.4, 0.5) is 9.52 Å². The molecule has 1 aromatic carbocycles. The maximum Gasteiger partial charge on any atom is 0.311 e. The van der Waals surface area contributed by atoms with Crippen LogP contribution in [-0.2, 0) is 29.7 Å². The molecule has 0 aliphatic carbocycles. The van der Waals surface area contributed by atoms with Gasteiger partial charge in [-0.05, 0) is 48.5 Å². The van der Waals surface area contributed by atoms with E-state index in [0.717, 1.165) is 4.90 Å². The van der Waals surface area contributed by atoms with Crippen LogP contribution >= 0.6 is 34.9 Å². The van der Waals surface area contributed by atoms with Crippen molar-refractivity contribution < 1.29 is 18.7 Å². The van der Waals surface area contributed by atoms with E-state index in [9.17, 15) is 14.0 Å². The van der Waals surface area contributed by atoms with Crippen LogP contribution in [-0.4, -0.2) is 43.2 Å². The second-order valence-corrected chi connectivity index (χ2v) is 10.2. The first-order valence-electron chi connectivity index (χ1n) is 10.7. The third-order valence-electron chi connectivity index (χ3n) is 4.62. The Kier molecular flexibility index (Phi) is 8.67. The van der Waals surface area contributed by atoms with Gasteiger partial charge in [0.1, 0.15) is 23.7 Å². The second-order valence-electron chi connectivity index (χ2n) is 7.28. The van der Waals surface area contributed by atoms with Crippen molar-refractivity contribution in [3.63, 3.8) is 0 Å². The van der Waals surface area contributed by atoms with Crippen molar-refractivity contribution in [2.75, 3.05) is 11.9 Å². The summed E-state index contributed by atoms with van der Waals surface area (Å²) in [5, 5.41) is 13.9. The summed E-state index contributed by atoms with van der Waals surface area (Å²) in [6.07, 6.45) is 1.61. The lowest BCUT2D eigenvalue weighted by molar-refractivity contribution is -0.142. The smallest absolute Gasteiger partial charge is 0.311 e. The van der Waals surface area contributed by atoms with Crippen LogP contribution in [0.25, 0.3) is 0 Å². The highest BCUT2D eigenvalue weighted by molar-refractivity contribution is 7.99. The minimum atomic E-state index is -0.542. The van der Waals surface area contributed by atoms with E-state index in [1.165, 1.54) is 34.9 Å². The summed E-state index contributed by atoms with van der Waals surface area (Å²) in [4.78, 5) is 35.4. The van der Waals surface area contributed by atoms with Crippen molar-refractivity contribution in [3.8, 4) is 0 Å².